The number of aldehydes is 1. The van der Waals surface area contributed by atoms with Crippen molar-refractivity contribution in [1.82, 2.24) is 10.2 Å². The van der Waals surface area contributed by atoms with Gasteiger partial charge in [-0.3, -0.25) is 4.79 Å². The highest BCUT2D eigenvalue weighted by Gasteiger charge is 2.41. The van der Waals surface area contributed by atoms with Gasteiger partial charge in [0.15, 0.2) is 0 Å². The van der Waals surface area contributed by atoms with Crippen molar-refractivity contribution in [2.24, 2.45) is 0 Å². The molecule has 1 aromatic rings. The standard InChI is InChI=1S/C31H48N2O5.C2H4O/c1-5-6-7-8-9-10-11-12-13-14-15-16-17-20-26-21-18-19-24(2)28(26)29-27(22-38-23-34)25(3)32-30(35)33(29)31(36)37-4;1-2-3/h18-19,21,23,29H,5-17,20,22H2,1-4H3,(H,32,35);2H,1H3. The van der Waals surface area contributed by atoms with Gasteiger partial charge < -0.3 is 19.6 Å². The summed E-state index contributed by atoms with van der Waals surface area (Å²) in [5.41, 5.74) is 4.20. The third kappa shape index (κ3) is 12.5. The van der Waals surface area contributed by atoms with Crippen molar-refractivity contribution in [3.8, 4) is 0 Å². The number of rotatable bonds is 18. The fourth-order valence-electron chi connectivity index (χ4n) is 5.36. The molecule has 230 valence electrons. The van der Waals surface area contributed by atoms with Gasteiger partial charge in [0.25, 0.3) is 6.47 Å². The zero-order chi connectivity index (χ0) is 30.5. The van der Waals surface area contributed by atoms with Gasteiger partial charge in [0.05, 0.1) is 13.2 Å². The Labute approximate surface area is 247 Å². The second kappa shape index (κ2) is 21.6. The lowest BCUT2D eigenvalue weighted by Gasteiger charge is -2.37. The first-order valence-corrected chi connectivity index (χ1v) is 15.3. The van der Waals surface area contributed by atoms with Gasteiger partial charge >= 0.3 is 12.1 Å². The normalized spacial score (nSPS) is 14.6. The molecule has 0 fully saturated rings. The number of hydrogen-bond donors (Lipinski definition) is 1. The van der Waals surface area contributed by atoms with Crippen molar-refractivity contribution in [3.05, 3.63) is 46.2 Å². The number of carbonyl (C=O) groups excluding carboxylic acids is 4. The number of amides is 3. The predicted molar refractivity (Wildman–Crippen MR) is 163 cm³/mol. The first-order chi connectivity index (χ1) is 19.9. The van der Waals surface area contributed by atoms with Crippen LogP contribution in [0.2, 0.25) is 0 Å². The summed E-state index contributed by atoms with van der Waals surface area (Å²) in [6, 6.07) is 4.81. The van der Waals surface area contributed by atoms with Crippen LogP contribution in [0.15, 0.2) is 29.5 Å². The van der Waals surface area contributed by atoms with Crippen LogP contribution in [-0.2, 0) is 25.5 Å². The monoisotopic (exact) mass is 572 g/mol. The average molecular weight is 573 g/mol. The number of allylic oxidation sites excluding steroid dienone is 1. The number of urea groups is 1. The molecule has 1 aromatic carbocycles. The maximum Gasteiger partial charge on any atom is 0.418 e. The van der Waals surface area contributed by atoms with Crippen LogP contribution in [0.5, 0.6) is 0 Å². The van der Waals surface area contributed by atoms with Crippen LogP contribution in [0, 0.1) is 6.92 Å². The number of benzene rings is 1. The molecule has 3 amide bonds. The number of aryl methyl sites for hydroxylation is 2. The van der Waals surface area contributed by atoms with Gasteiger partial charge in [-0.25, -0.2) is 14.5 Å². The van der Waals surface area contributed by atoms with Gasteiger partial charge in [-0.05, 0) is 50.3 Å². The zero-order valence-electron chi connectivity index (χ0n) is 26.0. The number of carbonyl (C=O) groups is 4. The van der Waals surface area contributed by atoms with E-state index in [0.717, 1.165) is 47.1 Å². The molecule has 0 aliphatic carbocycles. The number of hydrogen-bond acceptors (Lipinski definition) is 6. The van der Waals surface area contributed by atoms with E-state index in [1.165, 1.54) is 84.7 Å². The molecular formula is C33H52N2O6. The highest BCUT2D eigenvalue weighted by Crippen LogP contribution is 2.38. The quantitative estimate of drug-likeness (QED) is 0.141. The summed E-state index contributed by atoms with van der Waals surface area (Å²) in [6.45, 7) is 7.80. The van der Waals surface area contributed by atoms with Crippen LogP contribution in [-0.4, -0.2) is 43.5 Å². The van der Waals surface area contributed by atoms with E-state index in [9.17, 15) is 14.4 Å². The first-order valence-electron chi connectivity index (χ1n) is 15.3. The Balaban J connectivity index is 0.00000268. The minimum absolute atomic E-state index is 0.0275. The number of methoxy groups -OCH3 is 1. The Hall–Kier alpha value is -3.16. The van der Waals surface area contributed by atoms with E-state index in [-0.39, 0.29) is 6.61 Å². The second-order valence-electron chi connectivity index (χ2n) is 10.6. The van der Waals surface area contributed by atoms with Crippen molar-refractivity contribution in [2.75, 3.05) is 13.7 Å². The summed E-state index contributed by atoms with van der Waals surface area (Å²) < 4.78 is 10.0. The van der Waals surface area contributed by atoms with Crippen molar-refractivity contribution in [3.63, 3.8) is 0 Å². The SMILES string of the molecule is CC=O.CCCCCCCCCCCCCCCc1cccc(C)c1C1C(COC=O)=C(C)NC(=O)N1C(=O)OC. The van der Waals surface area contributed by atoms with Crippen LogP contribution in [0.1, 0.15) is 127 Å². The van der Waals surface area contributed by atoms with Crippen LogP contribution < -0.4 is 5.32 Å². The molecule has 1 atom stereocenters. The molecule has 0 aromatic heterocycles. The molecule has 41 heavy (non-hydrogen) atoms. The molecule has 1 heterocycles. The highest BCUT2D eigenvalue weighted by molar-refractivity contribution is 5.94. The van der Waals surface area contributed by atoms with Crippen LogP contribution in [0.25, 0.3) is 0 Å². The van der Waals surface area contributed by atoms with Crippen LogP contribution in [0.3, 0.4) is 0 Å². The van der Waals surface area contributed by atoms with Crippen molar-refractivity contribution < 1.29 is 28.7 Å². The van der Waals surface area contributed by atoms with Gasteiger partial charge in [-0.15, -0.1) is 0 Å². The second-order valence-corrected chi connectivity index (χ2v) is 10.6. The summed E-state index contributed by atoms with van der Waals surface area (Å²) in [7, 11) is 1.26. The molecule has 1 N–H and O–H groups in total. The number of nitrogens with zero attached hydrogens (tertiary/aromatic N) is 1. The van der Waals surface area contributed by atoms with E-state index in [1.54, 1.807) is 6.92 Å². The first kappa shape index (κ1) is 35.9. The summed E-state index contributed by atoms with van der Waals surface area (Å²) in [6.07, 6.45) is 17.7. The van der Waals surface area contributed by atoms with Gasteiger partial charge in [-0.2, -0.15) is 0 Å². The molecule has 0 saturated heterocycles. The number of unbranched alkanes of at least 4 members (excludes halogenated alkanes) is 12. The van der Waals surface area contributed by atoms with Gasteiger partial charge in [0.2, 0.25) is 0 Å². The smallest absolute Gasteiger partial charge is 0.418 e. The largest absolute Gasteiger partial charge is 0.463 e. The fourth-order valence-corrected chi connectivity index (χ4v) is 5.36. The lowest BCUT2D eigenvalue weighted by atomic mass is 9.86. The van der Waals surface area contributed by atoms with Crippen molar-refractivity contribution >= 4 is 24.9 Å². The lowest BCUT2D eigenvalue weighted by molar-refractivity contribution is -0.128. The Bertz CT molecular complexity index is 974. The topological polar surface area (TPSA) is 102 Å². The molecular weight excluding hydrogens is 520 g/mol. The van der Waals surface area contributed by atoms with E-state index in [0.29, 0.717) is 17.7 Å². The van der Waals surface area contributed by atoms with E-state index >= 15 is 0 Å². The van der Waals surface area contributed by atoms with Gasteiger partial charge in [0.1, 0.15) is 12.9 Å². The molecule has 8 heteroatoms. The van der Waals surface area contributed by atoms with E-state index in [1.807, 2.05) is 19.1 Å². The molecule has 0 bridgehead atoms. The van der Waals surface area contributed by atoms with Gasteiger partial charge in [-0.1, -0.05) is 102 Å². The summed E-state index contributed by atoms with van der Waals surface area (Å²) in [5.74, 6) is 0. The summed E-state index contributed by atoms with van der Waals surface area (Å²) in [5, 5.41) is 2.71. The third-order valence-corrected chi connectivity index (χ3v) is 7.50. The Morgan fingerprint density at radius 3 is 1.98 bits per heavy atom. The van der Waals surface area contributed by atoms with E-state index in [4.69, 9.17) is 14.3 Å². The van der Waals surface area contributed by atoms with Crippen molar-refractivity contribution in [1.29, 1.82) is 0 Å². The Morgan fingerprint density at radius 2 is 1.46 bits per heavy atom. The Kier molecular flexibility index (Phi) is 18.9. The molecule has 2 rings (SSSR count). The maximum absolute atomic E-state index is 12.9. The number of nitrogens with one attached hydrogen (secondary N) is 1. The predicted octanol–water partition coefficient (Wildman–Crippen LogP) is 8.11. The maximum atomic E-state index is 12.9. The number of imide groups is 1. The minimum Gasteiger partial charge on any atom is -0.463 e. The minimum atomic E-state index is -0.751. The van der Waals surface area contributed by atoms with E-state index in [2.05, 4.69) is 18.3 Å². The molecule has 1 aliphatic rings. The molecule has 0 saturated carbocycles. The van der Waals surface area contributed by atoms with Crippen LogP contribution >= 0.6 is 0 Å². The third-order valence-electron chi connectivity index (χ3n) is 7.50. The van der Waals surface area contributed by atoms with Crippen LogP contribution in [0.4, 0.5) is 9.59 Å². The van der Waals surface area contributed by atoms with E-state index < -0.39 is 18.2 Å². The average Bonchev–Trinajstić information content (AvgIpc) is 2.95. The lowest BCUT2D eigenvalue weighted by Crippen LogP contribution is -2.51. The fraction of sp³-hybridized carbons (Fsp3) is 0.636. The number of ether oxygens (including phenoxy) is 2. The molecule has 1 unspecified atom stereocenters. The van der Waals surface area contributed by atoms with Gasteiger partial charge in [0, 0.05) is 11.3 Å². The van der Waals surface area contributed by atoms with Crippen molar-refractivity contribution in [2.45, 2.75) is 124 Å². The molecule has 0 spiro atoms. The highest BCUT2D eigenvalue weighted by atomic mass is 16.5. The zero-order valence-corrected chi connectivity index (χ0v) is 26.0. The Morgan fingerprint density at radius 1 is 0.927 bits per heavy atom. The molecule has 8 nitrogen and oxygen atoms in total. The summed E-state index contributed by atoms with van der Waals surface area (Å²) in [4.78, 5) is 46.5. The molecule has 1 aliphatic heterocycles. The summed E-state index contributed by atoms with van der Waals surface area (Å²) >= 11 is 0. The molecule has 0 radical (unpaired) electrons.